The molecule has 30 heavy (non-hydrogen) atoms. The lowest BCUT2D eigenvalue weighted by atomic mass is 9.77. The van der Waals surface area contributed by atoms with Crippen LogP contribution < -0.4 is 20.1 Å². The lowest BCUT2D eigenvalue weighted by molar-refractivity contribution is -0.136. The average molecular weight is 425 g/mol. The van der Waals surface area contributed by atoms with Gasteiger partial charge in [-0.15, -0.1) is 0 Å². The Hall–Kier alpha value is -2.91. The summed E-state index contributed by atoms with van der Waals surface area (Å²) in [6.07, 6.45) is 2.84. The SMILES string of the molecule is COc1cc(CNC(=O)CN2C(=O)NC3(CCC(C)CC3)C2=O)ccc1OC(F)F. The van der Waals surface area contributed by atoms with Gasteiger partial charge in [0.2, 0.25) is 5.91 Å². The van der Waals surface area contributed by atoms with E-state index in [0.717, 1.165) is 17.7 Å². The first kappa shape index (κ1) is 21.8. The second kappa shape index (κ2) is 8.85. The Morgan fingerprint density at radius 3 is 2.63 bits per heavy atom. The van der Waals surface area contributed by atoms with Crippen molar-refractivity contribution in [2.45, 2.75) is 51.3 Å². The molecule has 3 rings (SSSR count). The van der Waals surface area contributed by atoms with Crippen molar-refractivity contribution in [3.8, 4) is 11.5 Å². The Morgan fingerprint density at radius 1 is 1.30 bits per heavy atom. The fourth-order valence-corrected chi connectivity index (χ4v) is 3.83. The molecule has 0 aromatic heterocycles. The highest BCUT2D eigenvalue weighted by Gasteiger charge is 2.52. The molecule has 0 atom stereocenters. The first-order chi connectivity index (χ1) is 14.2. The number of benzene rings is 1. The standard InChI is InChI=1S/C20H25F2N3O5/c1-12-5-7-20(8-6-12)17(27)25(19(28)24-20)11-16(26)23-10-13-3-4-14(30-18(21)22)15(9-13)29-2/h3-4,9,12,18H,5-8,10-11H2,1-2H3,(H,23,26)(H,24,28). The molecule has 1 aliphatic carbocycles. The minimum absolute atomic E-state index is 0.0659. The van der Waals surface area contributed by atoms with E-state index in [-0.39, 0.29) is 30.5 Å². The molecule has 0 radical (unpaired) electrons. The molecular formula is C20H25F2N3O5. The number of hydrogen-bond acceptors (Lipinski definition) is 5. The molecule has 10 heteroatoms. The van der Waals surface area contributed by atoms with E-state index >= 15 is 0 Å². The Morgan fingerprint density at radius 2 is 2.00 bits per heavy atom. The predicted octanol–water partition coefficient (Wildman–Crippen LogP) is 2.41. The lowest BCUT2D eigenvalue weighted by Crippen LogP contribution is -2.49. The zero-order chi connectivity index (χ0) is 21.9. The number of carbonyl (C=O) groups is 3. The lowest BCUT2D eigenvalue weighted by Gasteiger charge is -2.33. The van der Waals surface area contributed by atoms with Gasteiger partial charge in [-0.05, 0) is 49.3 Å². The number of methoxy groups -OCH3 is 1. The molecule has 2 fully saturated rings. The van der Waals surface area contributed by atoms with Crippen molar-refractivity contribution in [3.63, 3.8) is 0 Å². The van der Waals surface area contributed by atoms with Crippen LogP contribution >= 0.6 is 0 Å². The topological polar surface area (TPSA) is 97.0 Å². The third-order valence-corrected chi connectivity index (χ3v) is 5.61. The summed E-state index contributed by atoms with van der Waals surface area (Å²) >= 11 is 0. The summed E-state index contributed by atoms with van der Waals surface area (Å²) in [6.45, 7) is -1.19. The smallest absolute Gasteiger partial charge is 0.387 e. The van der Waals surface area contributed by atoms with E-state index in [2.05, 4.69) is 22.3 Å². The maximum Gasteiger partial charge on any atom is 0.387 e. The van der Waals surface area contributed by atoms with E-state index in [9.17, 15) is 23.2 Å². The number of ether oxygens (including phenoxy) is 2. The van der Waals surface area contributed by atoms with E-state index in [1.807, 2.05) is 0 Å². The van der Waals surface area contributed by atoms with Crippen molar-refractivity contribution >= 4 is 17.8 Å². The van der Waals surface area contributed by atoms with Crippen molar-refractivity contribution in [1.29, 1.82) is 0 Å². The van der Waals surface area contributed by atoms with Crippen molar-refractivity contribution in [1.82, 2.24) is 15.5 Å². The average Bonchev–Trinajstić information content (AvgIpc) is 2.93. The Bertz CT molecular complexity index is 825. The Labute approximate surface area is 172 Å². The molecule has 2 N–H and O–H groups in total. The Kier molecular flexibility index (Phi) is 6.42. The zero-order valence-corrected chi connectivity index (χ0v) is 16.9. The summed E-state index contributed by atoms with van der Waals surface area (Å²) in [6, 6.07) is 3.73. The van der Waals surface area contributed by atoms with Gasteiger partial charge in [0.15, 0.2) is 11.5 Å². The molecule has 0 unspecified atom stereocenters. The highest BCUT2D eigenvalue weighted by Crippen LogP contribution is 2.36. The molecule has 1 heterocycles. The van der Waals surface area contributed by atoms with Crippen LogP contribution in [-0.4, -0.2) is 48.6 Å². The highest BCUT2D eigenvalue weighted by molar-refractivity contribution is 6.09. The number of alkyl halides is 2. The van der Waals surface area contributed by atoms with Crippen LogP contribution in [0.2, 0.25) is 0 Å². The molecule has 1 spiro atoms. The number of rotatable bonds is 7. The van der Waals surface area contributed by atoms with Gasteiger partial charge < -0.3 is 20.1 Å². The van der Waals surface area contributed by atoms with Gasteiger partial charge in [-0.1, -0.05) is 13.0 Å². The second-order valence-electron chi connectivity index (χ2n) is 7.73. The van der Waals surface area contributed by atoms with Crippen LogP contribution in [0.25, 0.3) is 0 Å². The van der Waals surface area contributed by atoms with Crippen molar-refractivity contribution in [2.24, 2.45) is 5.92 Å². The third kappa shape index (κ3) is 4.63. The van der Waals surface area contributed by atoms with Gasteiger partial charge in [-0.2, -0.15) is 8.78 Å². The van der Waals surface area contributed by atoms with Gasteiger partial charge in [0, 0.05) is 6.54 Å². The molecule has 1 saturated carbocycles. The second-order valence-corrected chi connectivity index (χ2v) is 7.73. The molecular weight excluding hydrogens is 400 g/mol. The van der Waals surface area contributed by atoms with Gasteiger partial charge >= 0.3 is 12.6 Å². The minimum atomic E-state index is -2.98. The normalized spacial score (nSPS) is 23.6. The van der Waals surface area contributed by atoms with Crippen LogP contribution in [0.5, 0.6) is 11.5 Å². The van der Waals surface area contributed by atoms with Crippen LogP contribution in [0.1, 0.15) is 38.2 Å². The van der Waals surface area contributed by atoms with E-state index < -0.39 is 24.1 Å². The molecule has 1 aromatic rings. The summed E-state index contributed by atoms with van der Waals surface area (Å²) in [4.78, 5) is 38.3. The fourth-order valence-electron chi connectivity index (χ4n) is 3.83. The van der Waals surface area contributed by atoms with Gasteiger partial charge in [-0.25, -0.2) is 4.79 Å². The van der Waals surface area contributed by atoms with Gasteiger partial charge in [0.05, 0.1) is 7.11 Å². The fraction of sp³-hybridized carbons (Fsp3) is 0.550. The van der Waals surface area contributed by atoms with Crippen LogP contribution in [-0.2, 0) is 16.1 Å². The number of amides is 4. The number of nitrogens with zero attached hydrogens (tertiary/aromatic N) is 1. The minimum Gasteiger partial charge on any atom is -0.493 e. The maximum atomic E-state index is 12.8. The maximum absolute atomic E-state index is 12.8. The number of carbonyl (C=O) groups excluding carboxylic acids is 3. The van der Waals surface area contributed by atoms with E-state index in [1.165, 1.54) is 25.3 Å². The largest absolute Gasteiger partial charge is 0.493 e. The molecule has 4 amide bonds. The van der Waals surface area contributed by atoms with Crippen LogP contribution in [0.15, 0.2) is 18.2 Å². The summed E-state index contributed by atoms with van der Waals surface area (Å²) in [5.41, 5.74) is -0.311. The molecule has 2 aliphatic rings. The van der Waals surface area contributed by atoms with Crippen LogP contribution in [0.4, 0.5) is 13.6 Å². The summed E-state index contributed by atoms with van der Waals surface area (Å²) in [5, 5.41) is 5.39. The quantitative estimate of drug-likeness (QED) is 0.654. The first-order valence-electron chi connectivity index (χ1n) is 9.76. The Balaban J connectivity index is 1.57. The number of halogens is 2. The van der Waals surface area contributed by atoms with Crippen molar-refractivity contribution in [3.05, 3.63) is 23.8 Å². The van der Waals surface area contributed by atoms with Crippen LogP contribution in [0.3, 0.4) is 0 Å². The zero-order valence-electron chi connectivity index (χ0n) is 16.9. The summed E-state index contributed by atoms with van der Waals surface area (Å²) in [5.74, 6) is -0.373. The number of urea groups is 1. The van der Waals surface area contributed by atoms with Crippen LogP contribution in [0, 0.1) is 5.92 Å². The molecule has 1 aromatic carbocycles. The monoisotopic (exact) mass is 425 g/mol. The highest BCUT2D eigenvalue weighted by atomic mass is 19.3. The summed E-state index contributed by atoms with van der Waals surface area (Å²) < 4.78 is 34.2. The molecule has 1 saturated heterocycles. The van der Waals surface area contributed by atoms with Crippen molar-refractivity contribution < 1.29 is 32.6 Å². The van der Waals surface area contributed by atoms with Crippen molar-refractivity contribution in [2.75, 3.05) is 13.7 Å². The number of hydrogen-bond donors (Lipinski definition) is 2. The van der Waals surface area contributed by atoms with E-state index in [0.29, 0.717) is 24.3 Å². The van der Waals surface area contributed by atoms with E-state index in [4.69, 9.17) is 4.74 Å². The summed E-state index contributed by atoms with van der Waals surface area (Å²) in [7, 11) is 1.31. The molecule has 164 valence electrons. The molecule has 1 aliphatic heterocycles. The number of nitrogens with one attached hydrogen (secondary N) is 2. The van der Waals surface area contributed by atoms with Gasteiger partial charge in [-0.3, -0.25) is 14.5 Å². The third-order valence-electron chi connectivity index (χ3n) is 5.61. The molecule has 8 nitrogen and oxygen atoms in total. The van der Waals surface area contributed by atoms with Gasteiger partial charge in [0.1, 0.15) is 12.1 Å². The number of imide groups is 1. The molecule has 0 bridgehead atoms. The van der Waals surface area contributed by atoms with E-state index in [1.54, 1.807) is 0 Å². The predicted molar refractivity (Wildman–Crippen MR) is 102 cm³/mol. The first-order valence-corrected chi connectivity index (χ1v) is 9.76. The van der Waals surface area contributed by atoms with Gasteiger partial charge in [0.25, 0.3) is 5.91 Å².